The molecule has 1 aromatic heterocycles. The van der Waals surface area contributed by atoms with Crippen LogP contribution in [0.2, 0.25) is 0 Å². The lowest BCUT2D eigenvalue weighted by atomic mass is 9.44. The Kier molecular flexibility index (Phi) is 10.4. The molecule has 0 radical (unpaired) electrons. The van der Waals surface area contributed by atoms with Crippen LogP contribution in [0.15, 0.2) is 218 Å². The Morgan fingerprint density at radius 1 is 0.408 bits per heavy atom. The second kappa shape index (κ2) is 17.2. The topological polar surface area (TPSA) is 34.2 Å². The lowest BCUT2D eigenvalue weighted by Gasteiger charge is -2.41. The van der Waals surface area contributed by atoms with Gasteiger partial charge in [0.05, 0.1) is 0 Å². The Hall–Kier alpha value is -8.60. The molecule has 3 heterocycles. The summed E-state index contributed by atoms with van der Waals surface area (Å²) in [5.41, 5.74) is 31.5. The average Bonchev–Trinajstić information content (AvgIpc) is 3.95. The highest BCUT2D eigenvalue weighted by Crippen LogP contribution is 2.50. The van der Waals surface area contributed by atoms with E-state index in [4.69, 9.17) is 5.73 Å². The summed E-state index contributed by atoms with van der Waals surface area (Å²) in [4.78, 5) is 2.58. The number of anilines is 4. The minimum Gasteiger partial charge on any atom is -0.399 e. The molecule has 3 nitrogen and oxygen atoms in total. The first-order valence-corrected chi connectivity index (χ1v) is 27.1. The summed E-state index contributed by atoms with van der Waals surface area (Å²) in [6.45, 7) is 13.9. The predicted octanol–water partition coefficient (Wildman–Crippen LogP) is 17.2. The number of benzene rings is 11. The maximum absolute atomic E-state index is 7.37. The van der Waals surface area contributed by atoms with Crippen molar-refractivity contribution in [2.45, 2.75) is 65.2 Å². The minimum absolute atomic E-state index is 0.0308. The third kappa shape index (κ3) is 7.41. The van der Waals surface area contributed by atoms with Crippen molar-refractivity contribution in [3.63, 3.8) is 0 Å². The Morgan fingerprint density at radius 2 is 0.934 bits per heavy atom. The smallest absolute Gasteiger partial charge is 0.333 e. The molecule has 0 fully saturated rings. The molecule has 2 aliphatic heterocycles. The van der Waals surface area contributed by atoms with E-state index in [-0.39, 0.29) is 17.7 Å². The van der Waals surface area contributed by atoms with Crippen molar-refractivity contribution in [3.8, 4) is 33.4 Å². The molecule has 76 heavy (non-hydrogen) atoms. The average molecular weight is 978 g/mol. The number of rotatable bonds is 7. The van der Waals surface area contributed by atoms with Gasteiger partial charge < -0.3 is 15.1 Å². The van der Waals surface area contributed by atoms with Gasteiger partial charge in [-0.25, -0.2) is 0 Å². The monoisotopic (exact) mass is 977 g/mol. The zero-order valence-corrected chi connectivity index (χ0v) is 44.2. The van der Waals surface area contributed by atoms with Gasteiger partial charge in [0.2, 0.25) is 0 Å². The molecule has 0 spiro atoms. The van der Waals surface area contributed by atoms with Crippen molar-refractivity contribution in [3.05, 3.63) is 252 Å². The molecule has 366 valence electrons. The van der Waals surface area contributed by atoms with Crippen LogP contribution in [0.3, 0.4) is 0 Å². The fraction of sp³-hybridized carbons (Fsp3) is 0.139. The van der Waals surface area contributed by atoms with Crippen LogP contribution in [0.5, 0.6) is 0 Å². The number of fused-ring (bicyclic) bond motifs is 9. The molecule has 0 aliphatic carbocycles. The van der Waals surface area contributed by atoms with E-state index >= 15 is 0 Å². The van der Waals surface area contributed by atoms with Crippen molar-refractivity contribution in [2.24, 2.45) is 0 Å². The molecule has 0 amide bonds. The van der Waals surface area contributed by atoms with Crippen LogP contribution in [0.25, 0.3) is 76.7 Å². The SMILES string of the molecule is CC(C)(C)c1ccc2c(c1)c1cc(C(C)(C)C)cc3c1n2B1c2cc4c(Cc5ccccc5)c5ccccc5c(Cc5ccccc5)c4cc2N(c2cc(-c4ccccc4)cc(-c4ccccc4)c2)c2cc(N)cc-3c21. The largest absolute Gasteiger partial charge is 0.399 e. The lowest BCUT2D eigenvalue weighted by molar-refractivity contribution is 0.590. The second-order valence-electron chi connectivity index (χ2n) is 23.5. The first kappa shape index (κ1) is 46.0. The van der Waals surface area contributed by atoms with Crippen LogP contribution in [-0.4, -0.2) is 11.3 Å². The van der Waals surface area contributed by atoms with Crippen LogP contribution in [0.1, 0.15) is 74.9 Å². The maximum Gasteiger partial charge on any atom is 0.333 e. The van der Waals surface area contributed by atoms with Crippen LogP contribution in [-0.2, 0) is 23.7 Å². The summed E-state index contributed by atoms with van der Waals surface area (Å²) in [5, 5.41) is 7.77. The Morgan fingerprint density at radius 3 is 1.50 bits per heavy atom. The third-order valence-electron chi connectivity index (χ3n) is 16.6. The lowest BCUT2D eigenvalue weighted by Crippen LogP contribution is -2.56. The van der Waals surface area contributed by atoms with Crippen molar-refractivity contribution in [1.29, 1.82) is 0 Å². The number of hydrogen-bond acceptors (Lipinski definition) is 2. The van der Waals surface area contributed by atoms with Crippen molar-refractivity contribution in [1.82, 2.24) is 4.48 Å². The highest BCUT2D eigenvalue weighted by molar-refractivity contribution is 6.90. The molecule has 2 N–H and O–H groups in total. The van der Waals surface area contributed by atoms with Gasteiger partial charge in [0, 0.05) is 50.1 Å². The molecule has 0 atom stereocenters. The van der Waals surface area contributed by atoms with Gasteiger partial charge >= 0.3 is 6.85 Å². The zero-order chi connectivity index (χ0) is 51.6. The number of nitrogen functional groups attached to an aromatic ring is 1. The standard InChI is InChI=1S/C72H60BN3/c1-71(2,3)51-31-32-66-61(38-51)63-39-52(72(4,5)6)40-64-62-41-53(74)42-68-69(62)73(76(66)70(63)64)65-43-59-57(33-45-21-11-7-12-22-45)55-29-19-20-30-56(55)58(34-46-23-13-8-14-24-46)60(59)44-67(65)75(68)54-36-49(47-25-15-9-16-26-47)35-50(37-54)48-27-17-10-18-28-48/h7-32,35-44H,33-34,74H2,1-6H3. The van der Waals surface area contributed by atoms with E-state index in [1.54, 1.807) is 0 Å². The van der Waals surface area contributed by atoms with Crippen LogP contribution < -0.4 is 21.6 Å². The van der Waals surface area contributed by atoms with E-state index in [0.717, 1.165) is 46.7 Å². The van der Waals surface area contributed by atoms with Gasteiger partial charge in [-0.3, -0.25) is 0 Å². The molecular formula is C72H60BN3. The predicted molar refractivity (Wildman–Crippen MR) is 326 cm³/mol. The summed E-state index contributed by atoms with van der Waals surface area (Å²) in [6.07, 6.45) is 1.60. The van der Waals surface area contributed by atoms with Crippen molar-refractivity contribution < 1.29 is 0 Å². The summed E-state index contributed by atoms with van der Waals surface area (Å²) >= 11 is 0. The molecule has 12 aromatic rings. The van der Waals surface area contributed by atoms with Gasteiger partial charge in [-0.2, -0.15) is 0 Å². The van der Waals surface area contributed by atoms with Gasteiger partial charge in [0.25, 0.3) is 0 Å². The van der Waals surface area contributed by atoms with E-state index in [0.29, 0.717) is 0 Å². The number of hydrogen-bond donors (Lipinski definition) is 1. The van der Waals surface area contributed by atoms with Crippen molar-refractivity contribution >= 4 is 83.9 Å². The second-order valence-corrected chi connectivity index (χ2v) is 23.5. The van der Waals surface area contributed by atoms with Gasteiger partial charge in [-0.05, 0) is 178 Å². The van der Waals surface area contributed by atoms with Gasteiger partial charge in [-0.15, -0.1) is 0 Å². The van der Waals surface area contributed by atoms with Crippen LogP contribution in [0.4, 0.5) is 22.7 Å². The van der Waals surface area contributed by atoms with Crippen LogP contribution >= 0.6 is 0 Å². The van der Waals surface area contributed by atoms with Gasteiger partial charge in [0.1, 0.15) is 0 Å². The van der Waals surface area contributed by atoms with Gasteiger partial charge in [0.15, 0.2) is 0 Å². The third-order valence-corrected chi connectivity index (χ3v) is 16.6. The highest BCUT2D eigenvalue weighted by Gasteiger charge is 2.44. The van der Waals surface area contributed by atoms with Crippen LogP contribution in [0, 0.1) is 0 Å². The first-order valence-electron chi connectivity index (χ1n) is 27.1. The first-order chi connectivity index (χ1) is 36.9. The highest BCUT2D eigenvalue weighted by atomic mass is 15.2. The Balaban J connectivity index is 1.17. The molecule has 0 bridgehead atoms. The number of nitrogens with two attached hydrogens (primary N) is 1. The summed E-state index contributed by atoms with van der Waals surface area (Å²) in [5.74, 6) is 0. The quantitative estimate of drug-likeness (QED) is 0.0981. The fourth-order valence-electron chi connectivity index (χ4n) is 12.9. The van der Waals surface area contributed by atoms with Gasteiger partial charge in [-0.1, -0.05) is 199 Å². The normalized spacial score (nSPS) is 13.0. The van der Waals surface area contributed by atoms with E-state index in [2.05, 4.69) is 269 Å². The Labute approximate surface area is 447 Å². The molecule has 0 saturated heterocycles. The number of nitrogens with zero attached hydrogens (tertiary/aromatic N) is 2. The van der Waals surface area contributed by atoms with Crippen molar-refractivity contribution in [2.75, 3.05) is 10.6 Å². The van der Waals surface area contributed by atoms with E-state index in [9.17, 15) is 0 Å². The molecule has 14 rings (SSSR count). The minimum atomic E-state index is -0.172. The zero-order valence-electron chi connectivity index (χ0n) is 44.2. The number of aromatic nitrogens is 1. The van der Waals surface area contributed by atoms with E-state index in [1.165, 1.54) is 110 Å². The van der Waals surface area contributed by atoms with E-state index in [1.807, 2.05) is 0 Å². The molecule has 0 saturated carbocycles. The Bertz CT molecular complexity index is 4240. The van der Waals surface area contributed by atoms with E-state index < -0.39 is 0 Å². The molecule has 11 aromatic carbocycles. The maximum atomic E-state index is 7.37. The molecule has 4 heteroatoms. The summed E-state index contributed by atoms with van der Waals surface area (Å²) in [6, 6.07) is 82.2. The molecule has 0 unspecified atom stereocenters. The summed E-state index contributed by atoms with van der Waals surface area (Å²) < 4.78 is 2.72. The summed E-state index contributed by atoms with van der Waals surface area (Å²) in [7, 11) is 0. The molecule has 2 aliphatic rings. The molecular weight excluding hydrogens is 918 g/mol. The fourth-order valence-corrected chi connectivity index (χ4v) is 12.9.